The summed E-state index contributed by atoms with van der Waals surface area (Å²) < 4.78 is 1.13. The molecular formula is C15H18BrN3. The van der Waals surface area contributed by atoms with Crippen LogP contribution in [0, 0.1) is 0 Å². The lowest BCUT2D eigenvalue weighted by Gasteiger charge is -2.27. The molecular weight excluding hydrogens is 302 g/mol. The Bertz CT molecular complexity index is 516. The Balaban J connectivity index is 2.14. The van der Waals surface area contributed by atoms with Crippen molar-refractivity contribution in [1.82, 2.24) is 9.88 Å². The second-order valence-electron chi connectivity index (χ2n) is 4.54. The van der Waals surface area contributed by atoms with E-state index in [4.69, 9.17) is 5.73 Å². The van der Waals surface area contributed by atoms with Gasteiger partial charge in [0.15, 0.2) is 0 Å². The number of likely N-dealkylation sites (N-methyl/N-ethyl adjacent to an activating group) is 1. The number of pyridine rings is 1. The summed E-state index contributed by atoms with van der Waals surface area (Å²) in [6.45, 7) is 1.44. The normalized spacial score (nSPS) is 12.6. The third kappa shape index (κ3) is 3.62. The summed E-state index contributed by atoms with van der Waals surface area (Å²) >= 11 is 3.58. The molecule has 1 aromatic carbocycles. The Labute approximate surface area is 122 Å². The Morgan fingerprint density at radius 3 is 2.53 bits per heavy atom. The highest BCUT2D eigenvalue weighted by Crippen LogP contribution is 2.23. The second-order valence-corrected chi connectivity index (χ2v) is 5.39. The highest BCUT2D eigenvalue weighted by atomic mass is 79.9. The lowest BCUT2D eigenvalue weighted by atomic mass is 10.1. The third-order valence-corrected chi connectivity index (χ3v) is 4.00. The van der Waals surface area contributed by atoms with Crippen molar-refractivity contribution < 1.29 is 0 Å². The van der Waals surface area contributed by atoms with Crippen molar-refractivity contribution in [2.75, 3.05) is 13.6 Å². The van der Waals surface area contributed by atoms with E-state index in [1.165, 1.54) is 11.1 Å². The van der Waals surface area contributed by atoms with Gasteiger partial charge in [-0.05, 0) is 36.4 Å². The summed E-state index contributed by atoms with van der Waals surface area (Å²) in [6.07, 6.45) is 3.62. The van der Waals surface area contributed by atoms with Crippen LogP contribution in [0.3, 0.4) is 0 Å². The van der Waals surface area contributed by atoms with E-state index in [-0.39, 0.29) is 6.04 Å². The minimum absolute atomic E-state index is 0.204. The minimum atomic E-state index is 0.204. The lowest BCUT2D eigenvalue weighted by molar-refractivity contribution is 0.241. The van der Waals surface area contributed by atoms with Crippen LogP contribution in [0.2, 0.25) is 0 Å². The van der Waals surface area contributed by atoms with Crippen molar-refractivity contribution in [3.63, 3.8) is 0 Å². The van der Waals surface area contributed by atoms with Crippen LogP contribution in [0.15, 0.2) is 53.3 Å². The van der Waals surface area contributed by atoms with Crippen molar-refractivity contribution in [2.45, 2.75) is 12.6 Å². The van der Waals surface area contributed by atoms with Crippen LogP contribution in [0.4, 0.5) is 0 Å². The highest BCUT2D eigenvalue weighted by molar-refractivity contribution is 9.10. The van der Waals surface area contributed by atoms with E-state index in [2.05, 4.69) is 51.1 Å². The van der Waals surface area contributed by atoms with Crippen LogP contribution in [0.25, 0.3) is 0 Å². The number of aromatic nitrogens is 1. The molecule has 4 heteroatoms. The number of benzene rings is 1. The largest absolute Gasteiger partial charge is 0.329 e. The SMILES string of the molecule is CN(Cc1ccccc1Br)C(CN)c1ccncc1. The predicted octanol–water partition coefficient (Wildman–Crippen LogP) is 2.98. The van der Waals surface area contributed by atoms with Gasteiger partial charge in [0.2, 0.25) is 0 Å². The molecule has 0 spiro atoms. The monoisotopic (exact) mass is 319 g/mol. The van der Waals surface area contributed by atoms with Gasteiger partial charge in [0, 0.05) is 36.0 Å². The summed E-state index contributed by atoms with van der Waals surface area (Å²) in [5.41, 5.74) is 8.39. The first-order chi connectivity index (χ1) is 9.22. The van der Waals surface area contributed by atoms with E-state index in [9.17, 15) is 0 Å². The molecule has 3 nitrogen and oxygen atoms in total. The second kappa shape index (κ2) is 6.80. The van der Waals surface area contributed by atoms with Gasteiger partial charge in [-0.15, -0.1) is 0 Å². The molecule has 0 saturated carbocycles. The quantitative estimate of drug-likeness (QED) is 0.921. The Morgan fingerprint density at radius 2 is 1.89 bits per heavy atom. The maximum Gasteiger partial charge on any atom is 0.0472 e. The number of hydrogen-bond donors (Lipinski definition) is 1. The fourth-order valence-corrected chi connectivity index (χ4v) is 2.57. The standard InChI is InChI=1S/C15H18BrN3/c1-19(11-13-4-2-3-5-14(13)16)15(10-17)12-6-8-18-9-7-12/h2-9,15H,10-11,17H2,1H3. The van der Waals surface area contributed by atoms with Gasteiger partial charge in [-0.2, -0.15) is 0 Å². The van der Waals surface area contributed by atoms with Crippen molar-refractivity contribution in [3.05, 3.63) is 64.4 Å². The van der Waals surface area contributed by atoms with E-state index in [1.54, 1.807) is 0 Å². The minimum Gasteiger partial charge on any atom is -0.329 e. The number of halogens is 1. The van der Waals surface area contributed by atoms with Gasteiger partial charge in [-0.25, -0.2) is 0 Å². The Kier molecular flexibility index (Phi) is 5.07. The van der Waals surface area contributed by atoms with Gasteiger partial charge >= 0.3 is 0 Å². The third-order valence-electron chi connectivity index (χ3n) is 3.22. The molecule has 0 radical (unpaired) electrons. The molecule has 19 heavy (non-hydrogen) atoms. The summed E-state index contributed by atoms with van der Waals surface area (Å²) in [7, 11) is 2.09. The maximum atomic E-state index is 5.92. The molecule has 0 fully saturated rings. The van der Waals surface area contributed by atoms with Gasteiger partial charge in [0.1, 0.15) is 0 Å². The lowest BCUT2D eigenvalue weighted by Crippen LogP contribution is -2.30. The molecule has 1 aromatic heterocycles. The predicted molar refractivity (Wildman–Crippen MR) is 81.6 cm³/mol. The molecule has 2 rings (SSSR count). The number of nitrogens with zero attached hydrogens (tertiary/aromatic N) is 2. The molecule has 0 aliphatic heterocycles. The number of hydrogen-bond acceptors (Lipinski definition) is 3. The topological polar surface area (TPSA) is 42.1 Å². The summed E-state index contributed by atoms with van der Waals surface area (Å²) in [5.74, 6) is 0. The molecule has 1 unspecified atom stereocenters. The zero-order valence-corrected chi connectivity index (χ0v) is 12.5. The molecule has 0 aliphatic carbocycles. The van der Waals surface area contributed by atoms with Gasteiger partial charge in [0.25, 0.3) is 0 Å². The highest BCUT2D eigenvalue weighted by Gasteiger charge is 2.16. The first-order valence-electron chi connectivity index (χ1n) is 6.26. The van der Waals surface area contributed by atoms with Crippen molar-refractivity contribution >= 4 is 15.9 Å². The van der Waals surface area contributed by atoms with Crippen molar-refractivity contribution in [3.8, 4) is 0 Å². The zero-order valence-electron chi connectivity index (χ0n) is 11.0. The molecule has 0 saturated heterocycles. The first-order valence-corrected chi connectivity index (χ1v) is 7.05. The maximum absolute atomic E-state index is 5.92. The summed E-state index contributed by atoms with van der Waals surface area (Å²) in [6, 6.07) is 12.5. The summed E-state index contributed by atoms with van der Waals surface area (Å²) in [4.78, 5) is 6.31. The van der Waals surface area contributed by atoms with E-state index >= 15 is 0 Å². The molecule has 0 bridgehead atoms. The van der Waals surface area contributed by atoms with Crippen LogP contribution in [0.5, 0.6) is 0 Å². The van der Waals surface area contributed by atoms with Gasteiger partial charge < -0.3 is 5.73 Å². The number of rotatable bonds is 5. The molecule has 1 atom stereocenters. The molecule has 2 N–H and O–H groups in total. The van der Waals surface area contributed by atoms with E-state index in [0.29, 0.717) is 6.54 Å². The Hall–Kier alpha value is -1.23. The van der Waals surface area contributed by atoms with Gasteiger partial charge in [-0.3, -0.25) is 9.88 Å². The molecule has 2 aromatic rings. The molecule has 0 amide bonds. The van der Waals surface area contributed by atoms with E-state index in [1.807, 2.05) is 30.6 Å². The first kappa shape index (κ1) is 14.2. The van der Waals surface area contributed by atoms with E-state index in [0.717, 1.165) is 11.0 Å². The molecule has 0 aliphatic rings. The molecule has 1 heterocycles. The fraction of sp³-hybridized carbons (Fsp3) is 0.267. The average molecular weight is 320 g/mol. The number of nitrogens with two attached hydrogens (primary N) is 1. The average Bonchev–Trinajstić information content (AvgIpc) is 2.43. The van der Waals surface area contributed by atoms with Crippen molar-refractivity contribution in [1.29, 1.82) is 0 Å². The van der Waals surface area contributed by atoms with Crippen molar-refractivity contribution in [2.24, 2.45) is 5.73 Å². The van der Waals surface area contributed by atoms with Gasteiger partial charge in [0.05, 0.1) is 0 Å². The van der Waals surface area contributed by atoms with Crippen LogP contribution in [0.1, 0.15) is 17.2 Å². The fourth-order valence-electron chi connectivity index (χ4n) is 2.16. The molecule has 100 valence electrons. The van der Waals surface area contributed by atoms with Crippen LogP contribution >= 0.6 is 15.9 Å². The van der Waals surface area contributed by atoms with Crippen LogP contribution in [-0.4, -0.2) is 23.5 Å². The Morgan fingerprint density at radius 1 is 1.21 bits per heavy atom. The van der Waals surface area contributed by atoms with E-state index < -0.39 is 0 Å². The van der Waals surface area contributed by atoms with Crippen LogP contribution in [-0.2, 0) is 6.54 Å². The zero-order chi connectivity index (χ0) is 13.7. The van der Waals surface area contributed by atoms with Crippen LogP contribution < -0.4 is 5.73 Å². The van der Waals surface area contributed by atoms with Gasteiger partial charge in [-0.1, -0.05) is 34.1 Å². The smallest absolute Gasteiger partial charge is 0.0472 e. The summed E-state index contributed by atoms with van der Waals surface area (Å²) in [5, 5.41) is 0.